The van der Waals surface area contributed by atoms with Crippen LogP contribution < -0.4 is 0 Å². The van der Waals surface area contributed by atoms with Crippen LogP contribution in [0.3, 0.4) is 0 Å². The molecule has 2 rings (SSSR count). The molecule has 0 saturated carbocycles. The third-order valence-electron chi connectivity index (χ3n) is 3.08. The van der Waals surface area contributed by atoms with Crippen molar-refractivity contribution >= 4 is 16.8 Å². The van der Waals surface area contributed by atoms with Gasteiger partial charge in [0.05, 0.1) is 0 Å². The van der Waals surface area contributed by atoms with Gasteiger partial charge in [-0.05, 0) is 29.5 Å². The van der Waals surface area contributed by atoms with Crippen molar-refractivity contribution in [3.05, 3.63) is 41.2 Å². The van der Waals surface area contributed by atoms with Crippen molar-refractivity contribution in [1.29, 1.82) is 0 Å². The van der Waals surface area contributed by atoms with E-state index in [2.05, 4.69) is 25.9 Å². The minimum Gasteiger partial charge on any atom is -0.360 e. The second-order valence-corrected chi connectivity index (χ2v) is 5.91. The van der Waals surface area contributed by atoms with Crippen LogP contribution in [0.25, 0.3) is 11.3 Å². The second kappa shape index (κ2) is 4.82. The lowest BCUT2D eigenvalue weighted by molar-refractivity contribution is 0.108. The van der Waals surface area contributed by atoms with Gasteiger partial charge in [-0.3, -0.25) is 4.79 Å². The lowest BCUT2D eigenvalue weighted by Gasteiger charge is -2.18. The Balaban J connectivity index is 2.46. The third kappa shape index (κ3) is 2.71. The fraction of sp³-hybridized carbons (Fsp3) is 0.333. The zero-order valence-corrected chi connectivity index (χ0v) is 12.2. The average Bonchev–Trinajstić information content (AvgIpc) is 2.70. The topological polar surface area (TPSA) is 43.1 Å². The van der Waals surface area contributed by atoms with Gasteiger partial charge in [0, 0.05) is 5.56 Å². The van der Waals surface area contributed by atoms with E-state index in [1.165, 1.54) is 5.56 Å². The first-order valence-electron chi connectivity index (χ1n) is 6.07. The maximum atomic E-state index is 11.4. The molecule has 19 heavy (non-hydrogen) atoms. The number of nitrogens with zero attached hydrogens (tertiary/aromatic N) is 1. The van der Waals surface area contributed by atoms with Crippen molar-refractivity contribution in [2.75, 3.05) is 0 Å². The summed E-state index contributed by atoms with van der Waals surface area (Å²) in [5.74, 6) is 0.440. The highest BCUT2D eigenvalue weighted by Crippen LogP contribution is 2.29. The van der Waals surface area contributed by atoms with E-state index >= 15 is 0 Å². The van der Waals surface area contributed by atoms with E-state index in [1.54, 1.807) is 6.92 Å². The monoisotopic (exact) mass is 277 g/mol. The van der Waals surface area contributed by atoms with Gasteiger partial charge in [0.25, 0.3) is 5.24 Å². The largest absolute Gasteiger partial charge is 0.360 e. The summed E-state index contributed by atoms with van der Waals surface area (Å²) in [5.41, 5.74) is 2.97. The lowest BCUT2D eigenvalue weighted by Crippen LogP contribution is -2.10. The van der Waals surface area contributed by atoms with E-state index in [0.29, 0.717) is 17.0 Å². The van der Waals surface area contributed by atoms with Crippen molar-refractivity contribution < 1.29 is 9.32 Å². The van der Waals surface area contributed by atoms with Crippen LogP contribution in [0.4, 0.5) is 0 Å². The highest BCUT2D eigenvalue weighted by molar-refractivity contribution is 6.68. The first-order chi connectivity index (χ1) is 8.80. The Morgan fingerprint density at radius 2 is 1.79 bits per heavy atom. The minimum absolute atomic E-state index is 0.0867. The normalized spacial score (nSPS) is 11.6. The molecule has 0 atom stereocenters. The van der Waals surface area contributed by atoms with Crippen molar-refractivity contribution in [3.63, 3.8) is 0 Å². The molecule has 0 spiro atoms. The molecule has 100 valence electrons. The Hall–Kier alpha value is -1.61. The van der Waals surface area contributed by atoms with Crippen LogP contribution in [-0.2, 0) is 5.41 Å². The van der Waals surface area contributed by atoms with Gasteiger partial charge in [0.2, 0.25) is 0 Å². The van der Waals surface area contributed by atoms with Gasteiger partial charge in [-0.2, -0.15) is 0 Å². The Bertz CT molecular complexity index is 606. The van der Waals surface area contributed by atoms with Crippen LogP contribution in [0.2, 0.25) is 0 Å². The molecule has 0 unspecified atom stereocenters. The summed E-state index contributed by atoms with van der Waals surface area (Å²) in [4.78, 5) is 11.4. The molecule has 1 heterocycles. The van der Waals surface area contributed by atoms with Crippen LogP contribution in [0.5, 0.6) is 0 Å². The Morgan fingerprint density at radius 1 is 1.21 bits per heavy atom. The Labute approximate surface area is 117 Å². The predicted octanol–water partition coefficient (Wildman–Crippen LogP) is 4.33. The molecule has 0 N–H and O–H groups in total. The first kappa shape index (κ1) is 13.8. The number of aryl methyl sites for hydroxylation is 1. The number of hydrogen-bond acceptors (Lipinski definition) is 3. The maximum absolute atomic E-state index is 11.4. The molecule has 4 heteroatoms. The van der Waals surface area contributed by atoms with Gasteiger partial charge in [0.1, 0.15) is 17.0 Å². The lowest BCUT2D eigenvalue weighted by atomic mass is 9.86. The van der Waals surface area contributed by atoms with E-state index in [9.17, 15) is 4.79 Å². The van der Waals surface area contributed by atoms with Crippen molar-refractivity contribution in [2.24, 2.45) is 0 Å². The summed E-state index contributed by atoms with van der Waals surface area (Å²) in [5, 5.41) is 3.37. The number of hydrogen-bond donors (Lipinski definition) is 0. The SMILES string of the molecule is Cc1onc(-c2ccc(C(C)(C)C)cc2)c1C(=O)Cl. The molecular weight excluding hydrogens is 262 g/mol. The highest BCUT2D eigenvalue weighted by atomic mass is 35.5. The van der Waals surface area contributed by atoms with Crippen molar-refractivity contribution in [1.82, 2.24) is 5.16 Å². The summed E-state index contributed by atoms with van der Waals surface area (Å²) in [6, 6.07) is 7.92. The molecular formula is C15H16ClNO2. The van der Waals surface area contributed by atoms with E-state index in [-0.39, 0.29) is 5.41 Å². The van der Waals surface area contributed by atoms with Gasteiger partial charge < -0.3 is 4.52 Å². The number of halogens is 1. The smallest absolute Gasteiger partial charge is 0.258 e. The molecule has 0 bridgehead atoms. The Morgan fingerprint density at radius 3 is 2.26 bits per heavy atom. The summed E-state index contributed by atoms with van der Waals surface area (Å²) in [6.45, 7) is 8.12. The number of carbonyl (C=O) groups is 1. The molecule has 1 aromatic heterocycles. The van der Waals surface area contributed by atoms with Gasteiger partial charge in [-0.1, -0.05) is 50.2 Å². The Kier molecular flexibility index (Phi) is 3.50. The van der Waals surface area contributed by atoms with E-state index in [0.717, 1.165) is 5.56 Å². The zero-order chi connectivity index (χ0) is 14.2. The molecule has 0 aliphatic rings. The van der Waals surface area contributed by atoms with Gasteiger partial charge in [0.15, 0.2) is 0 Å². The number of aromatic nitrogens is 1. The van der Waals surface area contributed by atoms with Crippen LogP contribution in [0, 0.1) is 6.92 Å². The minimum atomic E-state index is -0.548. The number of rotatable bonds is 2. The fourth-order valence-corrected chi connectivity index (χ4v) is 2.15. The standard InChI is InChI=1S/C15H16ClNO2/c1-9-12(14(16)18)13(17-19-9)10-5-7-11(8-6-10)15(2,3)4/h5-8H,1-4H3. The third-order valence-corrected chi connectivity index (χ3v) is 3.27. The molecule has 0 radical (unpaired) electrons. The van der Waals surface area contributed by atoms with E-state index < -0.39 is 5.24 Å². The summed E-state index contributed by atoms with van der Waals surface area (Å²) in [7, 11) is 0. The molecule has 0 saturated heterocycles. The maximum Gasteiger partial charge on any atom is 0.258 e. The van der Waals surface area contributed by atoms with E-state index in [1.807, 2.05) is 24.3 Å². The quantitative estimate of drug-likeness (QED) is 0.768. The number of carbonyl (C=O) groups excluding carboxylic acids is 1. The van der Waals surface area contributed by atoms with Crippen LogP contribution in [-0.4, -0.2) is 10.4 Å². The van der Waals surface area contributed by atoms with Crippen molar-refractivity contribution in [3.8, 4) is 11.3 Å². The summed E-state index contributed by atoms with van der Waals surface area (Å²) in [6.07, 6.45) is 0. The number of benzene rings is 1. The molecule has 1 aromatic carbocycles. The van der Waals surface area contributed by atoms with E-state index in [4.69, 9.17) is 16.1 Å². The predicted molar refractivity (Wildman–Crippen MR) is 75.6 cm³/mol. The molecule has 3 nitrogen and oxygen atoms in total. The van der Waals surface area contributed by atoms with Crippen LogP contribution in [0.1, 0.15) is 42.5 Å². The second-order valence-electron chi connectivity index (χ2n) is 5.56. The van der Waals surface area contributed by atoms with Crippen LogP contribution in [0.15, 0.2) is 28.8 Å². The highest BCUT2D eigenvalue weighted by Gasteiger charge is 2.20. The average molecular weight is 278 g/mol. The zero-order valence-electron chi connectivity index (χ0n) is 11.5. The molecule has 0 amide bonds. The molecule has 0 fully saturated rings. The fourth-order valence-electron chi connectivity index (χ4n) is 1.93. The van der Waals surface area contributed by atoms with Gasteiger partial charge in [-0.15, -0.1) is 0 Å². The summed E-state index contributed by atoms with van der Waals surface area (Å²) >= 11 is 5.57. The molecule has 2 aromatic rings. The molecule has 0 aliphatic heterocycles. The van der Waals surface area contributed by atoms with Crippen molar-refractivity contribution in [2.45, 2.75) is 33.1 Å². The van der Waals surface area contributed by atoms with Crippen LogP contribution >= 0.6 is 11.6 Å². The first-order valence-corrected chi connectivity index (χ1v) is 6.45. The summed E-state index contributed by atoms with van der Waals surface area (Å²) < 4.78 is 5.05. The van der Waals surface area contributed by atoms with Gasteiger partial charge >= 0.3 is 0 Å². The van der Waals surface area contributed by atoms with Gasteiger partial charge in [-0.25, -0.2) is 0 Å². The molecule has 0 aliphatic carbocycles.